The van der Waals surface area contributed by atoms with Crippen LogP contribution in [0, 0.1) is 0 Å². The molecule has 1 aromatic heterocycles. The lowest BCUT2D eigenvalue weighted by Crippen LogP contribution is -2.29. The molecule has 3 heterocycles. The largest absolute Gasteiger partial charge is 0.405 e. The molecule has 2 N–H and O–H groups in total. The SMILES string of the molecule is Cn1c(=CC=CC2=[N+](CCCS(=O)(=O)O)CCS2)oc(=O)/c1=C\C=C1/SCCN1CCCS(=O)(=O)O. The molecule has 0 aliphatic carbocycles. The molecule has 0 atom stereocenters. The highest BCUT2D eigenvalue weighted by Gasteiger charge is 2.21. The molecular formula is C21H30N3O8S4+. The van der Waals surface area contributed by atoms with Gasteiger partial charge >= 0.3 is 5.63 Å². The Balaban J connectivity index is 1.72. The predicted octanol–water partition coefficient (Wildman–Crippen LogP) is -0.301. The van der Waals surface area contributed by atoms with Gasteiger partial charge < -0.3 is 13.9 Å². The van der Waals surface area contributed by atoms with E-state index < -0.39 is 25.9 Å². The van der Waals surface area contributed by atoms with Crippen LogP contribution < -0.4 is 16.5 Å². The Kier molecular flexibility index (Phi) is 10.1. The third-order valence-electron chi connectivity index (χ3n) is 5.47. The Morgan fingerprint density at radius 3 is 2.47 bits per heavy atom. The Morgan fingerprint density at radius 1 is 1.03 bits per heavy atom. The Morgan fingerprint density at radius 2 is 1.75 bits per heavy atom. The lowest BCUT2D eigenvalue weighted by atomic mass is 10.4. The summed E-state index contributed by atoms with van der Waals surface area (Å²) in [5.74, 6) is 1.16. The third kappa shape index (κ3) is 8.95. The van der Waals surface area contributed by atoms with Crippen molar-refractivity contribution in [3.63, 3.8) is 0 Å². The molecule has 2 aliphatic heterocycles. The average Bonchev–Trinajstić information content (AvgIpc) is 3.46. The first kappa shape index (κ1) is 28.8. The Labute approximate surface area is 218 Å². The summed E-state index contributed by atoms with van der Waals surface area (Å²) in [6.07, 6.45) is 9.46. The standard InChI is InChI=1S/C21H29N3O8S4/c1-22-17(7-8-20-24(12-14-34-20)10-4-16-36(29,30)31)21(25)32-18(22)5-2-6-19-23(11-13-33-19)9-3-15-35(26,27)28/h2,5-8H,3-4,9-16H2,1H3,(H-,26,27,28,29,30,31)/p+1/b17-7+,20-8-. The number of rotatable bonds is 11. The average molecular weight is 581 g/mol. The van der Waals surface area contributed by atoms with Crippen molar-refractivity contribution in [3.05, 3.63) is 44.6 Å². The van der Waals surface area contributed by atoms with Gasteiger partial charge in [0.25, 0.3) is 20.2 Å². The minimum absolute atomic E-state index is 0.276. The van der Waals surface area contributed by atoms with Gasteiger partial charge in [-0.15, -0.1) is 11.8 Å². The molecule has 200 valence electrons. The van der Waals surface area contributed by atoms with Gasteiger partial charge in [0, 0.05) is 38.4 Å². The van der Waals surface area contributed by atoms with Crippen molar-refractivity contribution in [3.8, 4) is 0 Å². The first-order valence-corrected chi connectivity index (χ1v) is 16.4. The minimum atomic E-state index is -3.99. The molecule has 0 radical (unpaired) electrons. The zero-order valence-corrected chi connectivity index (χ0v) is 23.0. The van der Waals surface area contributed by atoms with Crippen LogP contribution in [0.15, 0.2) is 32.5 Å². The van der Waals surface area contributed by atoms with Crippen LogP contribution in [0.3, 0.4) is 0 Å². The van der Waals surface area contributed by atoms with E-state index in [1.807, 2.05) is 21.6 Å². The number of hydrogen-bond donors (Lipinski definition) is 2. The lowest BCUT2D eigenvalue weighted by Gasteiger charge is -2.17. The van der Waals surface area contributed by atoms with E-state index in [1.54, 1.807) is 53.4 Å². The van der Waals surface area contributed by atoms with Crippen molar-refractivity contribution in [2.45, 2.75) is 12.8 Å². The molecule has 11 nitrogen and oxygen atoms in total. The van der Waals surface area contributed by atoms with Crippen molar-refractivity contribution in [2.75, 3.05) is 49.2 Å². The highest BCUT2D eigenvalue weighted by Crippen LogP contribution is 2.27. The molecule has 0 unspecified atom stereocenters. The van der Waals surface area contributed by atoms with E-state index >= 15 is 0 Å². The fourth-order valence-corrected chi connectivity index (χ4v) is 6.81. The van der Waals surface area contributed by atoms with Crippen molar-refractivity contribution < 1.29 is 34.9 Å². The van der Waals surface area contributed by atoms with Crippen LogP contribution in [-0.4, -0.2) is 94.2 Å². The molecule has 1 saturated heterocycles. The Hall–Kier alpha value is -1.78. The minimum Gasteiger partial charge on any atom is -0.405 e. The van der Waals surface area contributed by atoms with Crippen molar-refractivity contribution in [1.29, 1.82) is 0 Å². The van der Waals surface area contributed by atoms with Crippen LogP contribution in [0.5, 0.6) is 0 Å². The monoisotopic (exact) mass is 580 g/mol. The van der Waals surface area contributed by atoms with Crippen LogP contribution in [-0.2, 0) is 27.3 Å². The van der Waals surface area contributed by atoms with Crippen molar-refractivity contribution in [2.24, 2.45) is 7.05 Å². The second kappa shape index (κ2) is 12.6. The smallest absolute Gasteiger partial charge is 0.361 e. The van der Waals surface area contributed by atoms with Gasteiger partial charge in [-0.2, -0.15) is 16.8 Å². The van der Waals surface area contributed by atoms with Gasteiger partial charge in [-0.05, 0) is 30.7 Å². The molecular weight excluding hydrogens is 551 g/mol. The quantitative estimate of drug-likeness (QED) is 0.262. The molecule has 15 heteroatoms. The van der Waals surface area contributed by atoms with E-state index in [-0.39, 0.29) is 11.5 Å². The van der Waals surface area contributed by atoms with Gasteiger partial charge in [0.2, 0.25) is 10.6 Å². The topological polar surface area (TPSA) is 150 Å². The summed E-state index contributed by atoms with van der Waals surface area (Å²) in [6, 6.07) is 0. The van der Waals surface area contributed by atoms with E-state index in [1.165, 1.54) is 0 Å². The third-order valence-corrected chi connectivity index (χ3v) is 9.23. The summed E-state index contributed by atoms with van der Waals surface area (Å²) in [5.41, 5.74) is -0.115. The first-order chi connectivity index (χ1) is 16.9. The van der Waals surface area contributed by atoms with Gasteiger partial charge in [-0.25, -0.2) is 9.37 Å². The maximum atomic E-state index is 12.4. The first-order valence-electron chi connectivity index (χ1n) is 11.2. The van der Waals surface area contributed by atoms with Crippen molar-refractivity contribution >= 4 is 61.0 Å². The molecule has 0 amide bonds. The summed E-state index contributed by atoms with van der Waals surface area (Å²) in [4.78, 5) is 14.4. The molecule has 3 rings (SSSR count). The molecule has 36 heavy (non-hydrogen) atoms. The van der Waals surface area contributed by atoms with Crippen LogP contribution in [0.2, 0.25) is 0 Å². The van der Waals surface area contributed by atoms with E-state index in [0.29, 0.717) is 36.8 Å². The van der Waals surface area contributed by atoms with Crippen LogP contribution in [0.25, 0.3) is 12.2 Å². The second-order valence-electron chi connectivity index (χ2n) is 8.16. The number of aromatic nitrogens is 1. The number of oxazole rings is 1. The van der Waals surface area contributed by atoms with Gasteiger partial charge in [0.1, 0.15) is 11.9 Å². The van der Waals surface area contributed by atoms with E-state index in [0.717, 1.165) is 34.7 Å². The summed E-state index contributed by atoms with van der Waals surface area (Å²) < 4.78 is 70.6. The maximum absolute atomic E-state index is 12.4. The van der Waals surface area contributed by atoms with Crippen LogP contribution in [0.4, 0.5) is 0 Å². The highest BCUT2D eigenvalue weighted by molar-refractivity contribution is 8.14. The maximum Gasteiger partial charge on any atom is 0.361 e. The van der Waals surface area contributed by atoms with Gasteiger partial charge in [-0.1, -0.05) is 11.8 Å². The molecule has 2 aliphatic rings. The Bertz CT molecular complexity index is 1440. The zero-order chi connectivity index (χ0) is 26.3. The molecule has 1 fully saturated rings. The molecule has 0 bridgehead atoms. The fourth-order valence-electron chi connectivity index (χ4n) is 3.71. The summed E-state index contributed by atoms with van der Waals surface area (Å²) in [6.45, 7) is 2.55. The number of allylic oxidation sites excluding steroid dienone is 2. The van der Waals surface area contributed by atoms with Gasteiger partial charge in [-0.3, -0.25) is 9.11 Å². The number of hydrogen-bond acceptors (Lipinski definition) is 9. The highest BCUT2D eigenvalue weighted by atomic mass is 32.2. The van der Waals surface area contributed by atoms with Crippen LogP contribution >= 0.6 is 23.5 Å². The normalized spacial score (nSPS) is 19.6. The lowest BCUT2D eigenvalue weighted by molar-refractivity contribution is -0.516. The van der Waals surface area contributed by atoms with E-state index in [9.17, 15) is 21.6 Å². The molecule has 0 aromatic carbocycles. The van der Waals surface area contributed by atoms with Gasteiger partial charge in [0.05, 0.1) is 22.3 Å². The molecule has 0 spiro atoms. The fraction of sp³-hybridized carbons (Fsp3) is 0.524. The van der Waals surface area contributed by atoms with Gasteiger partial charge in [0.15, 0.2) is 6.54 Å². The van der Waals surface area contributed by atoms with Crippen LogP contribution in [0.1, 0.15) is 12.8 Å². The second-order valence-corrected chi connectivity index (χ2v) is 13.5. The molecule has 0 saturated carbocycles. The summed E-state index contributed by atoms with van der Waals surface area (Å²) >= 11 is 3.25. The van der Waals surface area contributed by atoms with E-state index in [4.69, 9.17) is 13.5 Å². The predicted molar refractivity (Wildman–Crippen MR) is 143 cm³/mol. The number of thioether (sulfide) groups is 2. The zero-order valence-electron chi connectivity index (χ0n) is 19.8. The molecule has 1 aromatic rings. The van der Waals surface area contributed by atoms with Crippen molar-refractivity contribution in [1.82, 2.24) is 9.47 Å². The number of nitrogens with zero attached hydrogens (tertiary/aromatic N) is 3. The summed E-state index contributed by atoms with van der Waals surface area (Å²) in [7, 11) is -6.23. The van der Waals surface area contributed by atoms with E-state index in [2.05, 4.69) is 0 Å². The summed E-state index contributed by atoms with van der Waals surface area (Å²) in [5, 5.41) is 2.25.